The van der Waals surface area contributed by atoms with E-state index in [2.05, 4.69) is 83.9 Å². The number of fused-ring (bicyclic) bond motifs is 1. The minimum Gasteiger partial charge on any atom is -0.384 e. The Morgan fingerprint density at radius 3 is 2.63 bits per heavy atom. The second-order valence-electron chi connectivity index (χ2n) is 7.83. The molecule has 5 nitrogen and oxygen atoms in total. The number of benzene rings is 2. The Bertz CT molecular complexity index is 1040. The Balaban J connectivity index is 1.64. The Hall–Kier alpha value is -2.73. The summed E-state index contributed by atoms with van der Waals surface area (Å²) in [5, 5.41) is 15.3. The average molecular weight is 378 g/mol. The van der Waals surface area contributed by atoms with E-state index in [9.17, 15) is 0 Å². The highest BCUT2D eigenvalue weighted by atomic mass is 32.1. The second kappa shape index (κ2) is 6.78. The third-order valence-corrected chi connectivity index (χ3v) is 5.16. The van der Waals surface area contributed by atoms with Crippen LogP contribution in [0.15, 0.2) is 53.6 Å². The van der Waals surface area contributed by atoms with E-state index < -0.39 is 0 Å². The van der Waals surface area contributed by atoms with E-state index >= 15 is 0 Å². The van der Waals surface area contributed by atoms with E-state index in [1.807, 2.05) is 12.3 Å². The molecule has 0 bridgehead atoms. The molecule has 2 heterocycles. The third-order valence-electron chi connectivity index (χ3n) is 4.89. The molecule has 0 fully saturated rings. The average Bonchev–Trinajstić information content (AvgIpc) is 3.23. The van der Waals surface area contributed by atoms with Gasteiger partial charge in [-0.15, -0.1) is 0 Å². The first-order valence-corrected chi connectivity index (χ1v) is 9.50. The van der Waals surface area contributed by atoms with Gasteiger partial charge in [-0.1, -0.05) is 63.2 Å². The highest BCUT2D eigenvalue weighted by molar-refractivity contribution is 7.71. The topological polar surface area (TPSA) is 58.0 Å². The van der Waals surface area contributed by atoms with Crippen molar-refractivity contribution in [3.05, 3.63) is 64.4 Å². The maximum Gasteiger partial charge on any atom is 0.216 e. The summed E-state index contributed by atoms with van der Waals surface area (Å²) in [5.41, 5.74) is 4.81. The summed E-state index contributed by atoms with van der Waals surface area (Å²) >= 11 is 5.39. The summed E-state index contributed by atoms with van der Waals surface area (Å²) < 4.78 is 2.18. The van der Waals surface area contributed by atoms with Gasteiger partial charge >= 0.3 is 0 Å². The van der Waals surface area contributed by atoms with Crippen molar-refractivity contribution >= 4 is 24.1 Å². The van der Waals surface area contributed by atoms with Gasteiger partial charge in [0.25, 0.3) is 0 Å². The van der Waals surface area contributed by atoms with Crippen LogP contribution in [0.25, 0.3) is 11.4 Å². The van der Waals surface area contributed by atoms with Crippen molar-refractivity contribution in [3.8, 4) is 11.4 Å². The summed E-state index contributed by atoms with van der Waals surface area (Å²) in [7, 11) is 0. The molecular formula is C21H23N5S. The smallest absolute Gasteiger partial charge is 0.216 e. The first-order chi connectivity index (χ1) is 12.9. The molecule has 0 amide bonds. The first-order valence-electron chi connectivity index (χ1n) is 9.09. The molecule has 0 saturated heterocycles. The van der Waals surface area contributed by atoms with Crippen molar-refractivity contribution in [2.75, 3.05) is 11.9 Å². The first kappa shape index (κ1) is 17.7. The number of nitrogens with one attached hydrogen (secondary N) is 2. The Morgan fingerprint density at radius 2 is 1.89 bits per heavy atom. The molecule has 3 aromatic rings. The van der Waals surface area contributed by atoms with Crippen LogP contribution in [0.5, 0.6) is 0 Å². The SMILES string of the molecule is CC(C)(C)c1ccc(-c2n[nH]c(=S)n2/N=C/C2CNc3ccccc32)cc1. The summed E-state index contributed by atoms with van der Waals surface area (Å²) in [6.45, 7) is 7.45. The van der Waals surface area contributed by atoms with Gasteiger partial charge in [0.15, 0.2) is 5.82 Å². The van der Waals surface area contributed by atoms with Gasteiger partial charge < -0.3 is 5.32 Å². The molecule has 2 N–H and O–H groups in total. The number of hydrogen-bond acceptors (Lipinski definition) is 4. The predicted octanol–water partition coefficient (Wildman–Crippen LogP) is 4.95. The highest BCUT2D eigenvalue weighted by Crippen LogP contribution is 2.30. The number of H-pyrrole nitrogens is 1. The van der Waals surface area contributed by atoms with E-state index in [1.165, 1.54) is 16.8 Å². The fraction of sp³-hybridized carbons (Fsp3) is 0.286. The van der Waals surface area contributed by atoms with Crippen molar-refractivity contribution in [2.24, 2.45) is 5.10 Å². The Labute approximate surface area is 164 Å². The third kappa shape index (κ3) is 3.45. The number of anilines is 1. The minimum absolute atomic E-state index is 0.115. The molecule has 138 valence electrons. The predicted molar refractivity (Wildman–Crippen MR) is 113 cm³/mol. The lowest BCUT2D eigenvalue weighted by atomic mass is 9.87. The van der Waals surface area contributed by atoms with Crippen molar-refractivity contribution < 1.29 is 0 Å². The van der Waals surface area contributed by atoms with Crippen LogP contribution in [-0.2, 0) is 5.41 Å². The fourth-order valence-corrected chi connectivity index (χ4v) is 3.48. The molecule has 1 aromatic heterocycles. The van der Waals surface area contributed by atoms with Crippen LogP contribution in [-0.4, -0.2) is 27.6 Å². The maximum atomic E-state index is 5.39. The number of rotatable bonds is 3. The van der Waals surface area contributed by atoms with Crippen LogP contribution in [0.4, 0.5) is 5.69 Å². The lowest BCUT2D eigenvalue weighted by Gasteiger charge is -2.18. The molecule has 1 aliphatic rings. The normalized spacial score (nSPS) is 16.5. The van der Waals surface area contributed by atoms with E-state index in [0.717, 1.165) is 17.9 Å². The van der Waals surface area contributed by atoms with Crippen molar-refractivity contribution in [1.82, 2.24) is 14.9 Å². The molecular weight excluding hydrogens is 354 g/mol. The molecule has 1 unspecified atom stereocenters. The molecule has 0 radical (unpaired) electrons. The second-order valence-corrected chi connectivity index (χ2v) is 8.22. The molecule has 4 rings (SSSR count). The summed E-state index contributed by atoms with van der Waals surface area (Å²) in [6, 6.07) is 16.7. The zero-order valence-corrected chi connectivity index (χ0v) is 16.5. The van der Waals surface area contributed by atoms with Crippen LogP contribution in [0.2, 0.25) is 0 Å². The molecule has 0 saturated carbocycles. The molecule has 2 aromatic carbocycles. The highest BCUT2D eigenvalue weighted by Gasteiger charge is 2.20. The van der Waals surface area contributed by atoms with Gasteiger partial charge in [0.1, 0.15) is 0 Å². The van der Waals surface area contributed by atoms with E-state index in [0.29, 0.717) is 4.77 Å². The molecule has 0 spiro atoms. The van der Waals surface area contributed by atoms with E-state index in [-0.39, 0.29) is 11.3 Å². The Kier molecular flexibility index (Phi) is 4.44. The van der Waals surface area contributed by atoms with Gasteiger partial charge in [0.2, 0.25) is 4.77 Å². The molecule has 1 atom stereocenters. The van der Waals surface area contributed by atoms with Gasteiger partial charge in [-0.25, -0.2) is 5.10 Å². The lowest BCUT2D eigenvalue weighted by molar-refractivity contribution is 0.590. The van der Waals surface area contributed by atoms with Crippen LogP contribution in [0.1, 0.15) is 37.8 Å². The number of nitrogens with zero attached hydrogens (tertiary/aromatic N) is 3. The van der Waals surface area contributed by atoms with Crippen LogP contribution < -0.4 is 5.32 Å². The number of aromatic amines is 1. The largest absolute Gasteiger partial charge is 0.384 e. The van der Waals surface area contributed by atoms with Gasteiger partial charge in [0, 0.05) is 29.9 Å². The van der Waals surface area contributed by atoms with Crippen LogP contribution in [0.3, 0.4) is 0 Å². The summed E-state index contributed by atoms with van der Waals surface area (Å²) in [5.74, 6) is 0.935. The number of aromatic nitrogens is 3. The Morgan fingerprint density at radius 1 is 1.15 bits per heavy atom. The monoisotopic (exact) mass is 377 g/mol. The quantitative estimate of drug-likeness (QED) is 0.502. The lowest BCUT2D eigenvalue weighted by Crippen LogP contribution is -2.10. The van der Waals surface area contributed by atoms with Crippen molar-refractivity contribution in [1.29, 1.82) is 0 Å². The molecule has 1 aliphatic heterocycles. The van der Waals surface area contributed by atoms with Crippen molar-refractivity contribution in [2.45, 2.75) is 32.1 Å². The number of hydrogen-bond donors (Lipinski definition) is 2. The number of para-hydroxylation sites is 1. The van der Waals surface area contributed by atoms with Gasteiger partial charge in [0.05, 0.1) is 0 Å². The molecule has 0 aliphatic carbocycles. The summed E-state index contributed by atoms with van der Waals surface area (Å²) in [4.78, 5) is 0. The fourth-order valence-electron chi connectivity index (χ4n) is 3.30. The van der Waals surface area contributed by atoms with Crippen molar-refractivity contribution in [3.63, 3.8) is 0 Å². The zero-order chi connectivity index (χ0) is 19.0. The summed E-state index contributed by atoms with van der Waals surface area (Å²) in [6.07, 6.45) is 1.94. The minimum atomic E-state index is 0.115. The van der Waals surface area contributed by atoms with Gasteiger partial charge in [-0.3, -0.25) is 0 Å². The molecule has 27 heavy (non-hydrogen) atoms. The van der Waals surface area contributed by atoms with Gasteiger partial charge in [-0.2, -0.15) is 14.9 Å². The van der Waals surface area contributed by atoms with Gasteiger partial charge in [-0.05, 0) is 34.8 Å². The maximum absolute atomic E-state index is 5.39. The van der Waals surface area contributed by atoms with E-state index in [4.69, 9.17) is 12.2 Å². The van der Waals surface area contributed by atoms with E-state index in [1.54, 1.807) is 4.68 Å². The van der Waals surface area contributed by atoms with Crippen LogP contribution >= 0.6 is 12.2 Å². The molecule has 6 heteroatoms. The standard InChI is InChI=1S/C21H23N5S/c1-21(2,3)16-10-8-14(9-11-16)19-24-25-20(27)26(19)23-13-15-12-22-18-7-5-4-6-17(15)18/h4-11,13,15,22H,12H2,1-3H3,(H,25,27)/b23-13+. The van der Waals surface area contributed by atoms with Crippen LogP contribution in [0, 0.1) is 4.77 Å². The zero-order valence-electron chi connectivity index (χ0n) is 15.7.